The van der Waals surface area contributed by atoms with Crippen molar-refractivity contribution in [1.29, 1.82) is 0 Å². The SMILES string of the molecule is COC(=O)C1CCCN1C(=O)c1cc2c(n(CC3CCCCC3)c1=O)CCCCCC2. The lowest BCUT2D eigenvalue weighted by Gasteiger charge is -2.28. The number of aryl methyl sites for hydroxylation is 1. The Morgan fingerprint density at radius 1 is 0.968 bits per heavy atom. The van der Waals surface area contributed by atoms with Crippen molar-refractivity contribution in [3.05, 3.63) is 33.2 Å². The van der Waals surface area contributed by atoms with Gasteiger partial charge in [0.25, 0.3) is 11.5 Å². The topological polar surface area (TPSA) is 68.6 Å². The van der Waals surface area contributed by atoms with Crippen LogP contribution in [0.2, 0.25) is 0 Å². The molecule has 0 radical (unpaired) electrons. The summed E-state index contributed by atoms with van der Waals surface area (Å²) in [6.07, 6.45) is 13.8. The average Bonchev–Trinajstić information content (AvgIpc) is 3.26. The van der Waals surface area contributed by atoms with E-state index in [0.717, 1.165) is 62.7 Å². The van der Waals surface area contributed by atoms with Crippen LogP contribution in [0.25, 0.3) is 0 Å². The molecular formula is C25H36N2O4. The van der Waals surface area contributed by atoms with Crippen LogP contribution in [0.1, 0.15) is 92.2 Å². The van der Waals surface area contributed by atoms with Gasteiger partial charge in [-0.25, -0.2) is 4.79 Å². The van der Waals surface area contributed by atoms with Crippen LogP contribution in [0.4, 0.5) is 0 Å². The molecule has 3 aliphatic rings. The van der Waals surface area contributed by atoms with Crippen LogP contribution in [-0.4, -0.2) is 41.0 Å². The van der Waals surface area contributed by atoms with Gasteiger partial charge in [0, 0.05) is 18.8 Å². The molecule has 1 saturated heterocycles. The molecule has 1 atom stereocenters. The Morgan fingerprint density at radius 3 is 2.42 bits per heavy atom. The third-order valence-electron chi connectivity index (χ3n) is 7.48. The van der Waals surface area contributed by atoms with E-state index in [0.29, 0.717) is 18.9 Å². The molecule has 1 saturated carbocycles. The number of hydrogen-bond donors (Lipinski definition) is 0. The number of rotatable bonds is 4. The van der Waals surface area contributed by atoms with Gasteiger partial charge >= 0.3 is 5.97 Å². The minimum absolute atomic E-state index is 0.162. The van der Waals surface area contributed by atoms with Crippen molar-refractivity contribution in [3.8, 4) is 0 Å². The lowest BCUT2D eigenvalue weighted by atomic mass is 9.88. The second-order valence-electron chi connectivity index (χ2n) is 9.54. The van der Waals surface area contributed by atoms with Gasteiger partial charge in [-0.1, -0.05) is 32.1 Å². The zero-order valence-electron chi connectivity index (χ0n) is 18.9. The Morgan fingerprint density at radius 2 is 1.68 bits per heavy atom. The fraction of sp³-hybridized carbons (Fsp3) is 0.720. The fourth-order valence-corrected chi connectivity index (χ4v) is 5.75. The highest BCUT2D eigenvalue weighted by atomic mass is 16.5. The van der Waals surface area contributed by atoms with Gasteiger partial charge in [0.15, 0.2) is 0 Å². The summed E-state index contributed by atoms with van der Waals surface area (Å²) in [6.45, 7) is 1.22. The zero-order chi connectivity index (χ0) is 21.8. The van der Waals surface area contributed by atoms with Gasteiger partial charge in [0.1, 0.15) is 11.6 Å². The number of nitrogens with zero attached hydrogens (tertiary/aromatic N) is 2. The second kappa shape index (κ2) is 10.0. The maximum atomic E-state index is 13.7. The Bertz CT molecular complexity index is 869. The Kier molecular flexibility index (Phi) is 7.13. The molecule has 1 aromatic rings. The first-order chi connectivity index (χ1) is 15.1. The summed E-state index contributed by atoms with van der Waals surface area (Å²) in [6, 6.07) is 1.28. The first-order valence-corrected chi connectivity index (χ1v) is 12.2. The quantitative estimate of drug-likeness (QED) is 0.683. The first kappa shape index (κ1) is 22.1. The fourth-order valence-electron chi connectivity index (χ4n) is 5.75. The van der Waals surface area contributed by atoms with Crippen LogP contribution in [0.15, 0.2) is 10.9 Å². The maximum absolute atomic E-state index is 13.7. The molecule has 2 aliphatic carbocycles. The van der Waals surface area contributed by atoms with Crippen molar-refractivity contribution in [1.82, 2.24) is 9.47 Å². The number of methoxy groups -OCH3 is 1. The summed E-state index contributed by atoms with van der Waals surface area (Å²) in [5.41, 5.74) is 2.39. The molecule has 0 aromatic carbocycles. The molecule has 6 heteroatoms. The molecule has 1 aliphatic heterocycles. The highest BCUT2D eigenvalue weighted by Gasteiger charge is 2.37. The minimum Gasteiger partial charge on any atom is -0.467 e. The molecule has 2 heterocycles. The summed E-state index contributed by atoms with van der Waals surface area (Å²) in [5, 5.41) is 0. The summed E-state index contributed by atoms with van der Waals surface area (Å²) in [5.74, 6) is -0.180. The number of ether oxygens (including phenoxy) is 1. The molecule has 1 unspecified atom stereocenters. The van der Waals surface area contributed by atoms with E-state index in [1.54, 1.807) is 4.90 Å². The summed E-state index contributed by atoms with van der Waals surface area (Å²) in [4.78, 5) is 40.9. The normalized spacial score (nSPS) is 22.5. The second-order valence-corrected chi connectivity index (χ2v) is 9.54. The Labute approximate surface area is 185 Å². The Hall–Kier alpha value is -2.11. The van der Waals surface area contributed by atoms with E-state index in [1.807, 2.05) is 10.6 Å². The molecule has 6 nitrogen and oxygen atoms in total. The number of amides is 1. The van der Waals surface area contributed by atoms with E-state index < -0.39 is 6.04 Å². The Balaban J connectivity index is 1.72. The largest absolute Gasteiger partial charge is 0.467 e. The maximum Gasteiger partial charge on any atom is 0.328 e. The van der Waals surface area contributed by atoms with E-state index in [4.69, 9.17) is 4.74 Å². The number of hydrogen-bond acceptors (Lipinski definition) is 4. The van der Waals surface area contributed by atoms with Gasteiger partial charge in [0.05, 0.1) is 7.11 Å². The highest BCUT2D eigenvalue weighted by molar-refractivity contribution is 5.97. The number of aromatic nitrogens is 1. The van der Waals surface area contributed by atoms with Gasteiger partial charge < -0.3 is 14.2 Å². The predicted molar refractivity (Wildman–Crippen MR) is 119 cm³/mol. The summed E-state index contributed by atoms with van der Waals surface area (Å²) < 4.78 is 6.86. The summed E-state index contributed by atoms with van der Waals surface area (Å²) >= 11 is 0. The van der Waals surface area contributed by atoms with Gasteiger partial charge in [-0.15, -0.1) is 0 Å². The van der Waals surface area contributed by atoms with Crippen molar-refractivity contribution < 1.29 is 14.3 Å². The van der Waals surface area contributed by atoms with E-state index in [9.17, 15) is 14.4 Å². The molecule has 1 amide bonds. The van der Waals surface area contributed by atoms with Crippen LogP contribution in [-0.2, 0) is 28.9 Å². The molecule has 170 valence electrons. The van der Waals surface area contributed by atoms with Crippen molar-refractivity contribution in [2.24, 2.45) is 5.92 Å². The monoisotopic (exact) mass is 428 g/mol. The summed E-state index contributed by atoms with van der Waals surface area (Å²) in [7, 11) is 1.35. The van der Waals surface area contributed by atoms with Crippen molar-refractivity contribution in [2.45, 2.75) is 96.1 Å². The van der Waals surface area contributed by atoms with E-state index >= 15 is 0 Å². The molecule has 31 heavy (non-hydrogen) atoms. The smallest absolute Gasteiger partial charge is 0.328 e. The minimum atomic E-state index is -0.578. The van der Waals surface area contributed by atoms with E-state index in [1.165, 1.54) is 39.2 Å². The van der Waals surface area contributed by atoms with Crippen molar-refractivity contribution in [3.63, 3.8) is 0 Å². The number of esters is 1. The molecule has 0 N–H and O–H groups in total. The van der Waals surface area contributed by atoms with Crippen LogP contribution in [0.5, 0.6) is 0 Å². The lowest BCUT2D eigenvalue weighted by Crippen LogP contribution is -2.44. The van der Waals surface area contributed by atoms with Crippen molar-refractivity contribution >= 4 is 11.9 Å². The van der Waals surface area contributed by atoms with Crippen LogP contribution in [0.3, 0.4) is 0 Å². The van der Waals surface area contributed by atoms with Crippen LogP contribution >= 0.6 is 0 Å². The van der Waals surface area contributed by atoms with Crippen LogP contribution in [0, 0.1) is 5.92 Å². The average molecular weight is 429 g/mol. The lowest BCUT2D eigenvalue weighted by molar-refractivity contribution is -0.145. The van der Waals surface area contributed by atoms with E-state index in [2.05, 4.69) is 0 Å². The number of fused-ring (bicyclic) bond motifs is 1. The first-order valence-electron chi connectivity index (χ1n) is 12.2. The third kappa shape index (κ3) is 4.73. The van der Waals surface area contributed by atoms with Crippen molar-refractivity contribution in [2.75, 3.05) is 13.7 Å². The van der Waals surface area contributed by atoms with Gasteiger partial charge in [-0.05, 0) is 68.9 Å². The van der Waals surface area contributed by atoms with Gasteiger partial charge in [-0.3, -0.25) is 9.59 Å². The molecule has 2 fully saturated rings. The third-order valence-corrected chi connectivity index (χ3v) is 7.48. The predicted octanol–water partition coefficient (Wildman–Crippen LogP) is 3.87. The molecule has 0 spiro atoms. The molecular weight excluding hydrogens is 392 g/mol. The van der Waals surface area contributed by atoms with Gasteiger partial charge in [0.2, 0.25) is 0 Å². The van der Waals surface area contributed by atoms with Gasteiger partial charge in [-0.2, -0.15) is 0 Å². The van der Waals surface area contributed by atoms with E-state index in [-0.39, 0.29) is 23.0 Å². The molecule has 4 rings (SSSR count). The number of carbonyl (C=O) groups is 2. The number of carbonyl (C=O) groups excluding carboxylic acids is 2. The molecule has 0 bridgehead atoms. The zero-order valence-corrected chi connectivity index (χ0v) is 18.9. The molecule has 1 aromatic heterocycles. The van der Waals surface area contributed by atoms with Crippen LogP contribution < -0.4 is 5.56 Å². The standard InChI is InChI=1S/C25H36N2O4/c1-31-25(30)22-14-9-15-26(22)23(28)20-16-19-12-7-2-3-8-13-21(19)27(24(20)29)17-18-10-5-4-6-11-18/h16,18,22H,2-15,17H2,1H3. The number of pyridine rings is 1. The highest BCUT2D eigenvalue weighted by Crippen LogP contribution is 2.28. The number of likely N-dealkylation sites (tertiary alicyclic amines) is 1.